The number of carbonyl (C=O) groups is 1. The molecule has 1 heterocycles. The maximum atomic E-state index is 12.9. The van der Waals surface area contributed by atoms with E-state index in [0.717, 1.165) is 62.0 Å². The van der Waals surface area contributed by atoms with Crippen LogP contribution in [0.4, 0.5) is 4.39 Å². The summed E-state index contributed by atoms with van der Waals surface area (Å²) in [4.78, 5) is 19.9. The number of nitrogens with one attached hydrogen (secondary N) is 1. The fourth-order valence-electron chi connectivity index (χ4n) is 2.98. The van der Waals surface area contributed by atoms with Crippen LogP contribution in [0.15, 0.2) is 34.2 Å². The van der Waals surface area contributed by atoms with E-state index in [1.165, 1.54) is 12.1 Å². The van der Waals surface area contributed by atoms with Gasteiger partial charge in [0.25, 0.3) is 0 Å². The number of guanidine groups is 1. The van der Waals surface area contributed by atoms with Gasteiger partial charge in [0.1, 0.15) is 5.82 Å². The Morgan fingerprint density at radius 3 is 2.63 bits per heavy atom. The highest BCUT2D eigenvalue weighted by molar-refractivity contribution is 7.99. The van der Waals surface area contributed by atoms with Crippen molar-refractivity contribution in [2.75, 3.05) is 38.5 Å². The third-order valence-electron chi connectivity index (χ3n) is 4.40. The lowest BCUT2D eigenvalue weighted by Crippen LogP contribution is -2.46. The van der Waals surface area contributed by atoms with Crippen LogP contribution in [0.3, 0.4) is 0 Å². The Morgan fingerprint density at radius 1 is 1.30 bits per heavy atom. The van der Waals surface area contributed by atoms with E-state index in [4.69, 9.17) is 9.73 Å². The number of nitrogens with zero attached hydrogens (tertiary/aromatic N) is 2. The molecule has 1 aliphatic rings. The van der Waals surface area contributed by atoms with Crippen LogP contribution in [0, 0.1) is 11.7 Å². The number of carbonyl (C=O) groups excluding carboxylic acids is 1. The number of aliphatic imine (C=N–C) groups is 1. The average Bonchev–Trinajstić information content (AvgIpc) is 2.68. The zero-order chi connectivity index (χ0) is 19.5. The largest absolute Gasteiger partial charge is 0.466 e. The number of halogens is 1. The lowest BCUT2D eigenvalue weighted by molar-refractivity contribution is -0.149. The van der Waals surface area contributed by atoms with Crippen LogP contribution < -0.4 is 5.32 Å². The van der Waals surface area contributed by atoms with Crippen molar-refractivity contribution in [3.05, 3.63) is 30.1 Å². The van der Waals surface area contributed by atoms with E-state index in [1.807, 2.05) is 6.92 Å². The standard InChI is InChI=1S/C20H30FN3O2S/c1-3-22-20(24-13-10-16(11-14-24)19(25)26-4-2)23-12-5-15-27-18-8-6-17(21)7-9-18/h6-9,16H,3-5,10-15H2,1-2H3,(H,22,23). The number of ether oxygens (including phenoxy) is 1. The van der Waals surface area contributed by atoms with Crippen LogP contribution in [-0.4, -0.2) is 55.4 Å². The second-order valence-electron chi connectivity index (χ2n) is 6.40. The highest BCUT2D eigenvalue weighted by Crippen LogP contribution is 2.20. The van der Waals surface area contributed by atoms with Crippen molar-refractivity contribution in [3.63, 3.8) is 0 Å². The Hall–Kier alpha value is -1.76. The van der Waals surface area contributed by atoms with Crippen LogP contribution in [0.25, 0.3) is 0 Å². The third kappa shape index (κ3) is 7.40. The fourth-order valence-corrected chi connectivity index (χ4v) is 3.82. The minimum absolute atomic E-state index is 0.0104. The Bertz CT molecular complexity index is 602. The topological polar surface area (TPSA) is 53.9 Å². The first-order chi connectivity index (χ1) is 13.1. The Labute approximate surface area is 165 Å². The first-order valence-corrected chi connectivity index (χ1v) is 10.7. The summed E-state index contributed by atoms with van der Waals surface area (Å²) in [5.41, 5.74) is 0. The second kappa shape index (κ2) is 11.8. The summed E-state index contributed by atoms with van der Waals surface area (Å²) >= 11 is 1.72. The zero-order valence-electron chi connectivity index (χ0n) is 16.2. The maximum absolute atomic E-state index is 12.9. The van der Waals surface area contributed by atoms with Gasteiger partial charge in [-0.3, -0.25) is 9.79 Å². The number of likely N-dealkylation sites (tertiary alicyclic amines) is 1. The minimum atomic E-state index is -0.203. The molecule has 1 aromatic rings. The molecule has 0 unspecified atom stereocenters. The molecule has 2 rings (SSSR count). The Balaban J connectivity index is 1.75. The molecule has 1 fully saturated rings. The van der Waals surface area contributed by atoms with Crippen LogP contribution in [0.1, 0.15) is 33.1 Å². The van der Waals surface area contributed by atoms with Crippen molar-refractivity contribution >= 4 is 23.7 Å². The smallest absolute Gasteiger partial charge is 0.309 e. The molecule has 1 aromatic carbocycles. The van der Waals surface area contributed by atoms with E-state index in [2.05, 4.69) is 17.1 Å². The molecular formula is C20H30FN3O2S. The van der Waals surface area contributed by atoms with Gasteiger partial charge in [0.15, 0.2) is 5.96 Å². The van der Waals surface area contributed by atoms with Crippen molar-refractivity contribution < 1.29 is 13.9 Å². The van der Waals surface area contributed by atoms with Gasteiger partial charge in [-0.25, -0.2) is 4.39 Å². The summed E-state index contributed by atoms with van der Waals surface area (Å²) in [5.74, 6) is 1.60. The highest BCUT2D eigenvalue weighted by atomic mass is 32.2. The predicted molar refractivity (Wildman–Crippen MR) is 109 cm³/mol. The predicted octanol–water partition coefficient (Wildman–Crippen LogP) is 3.55. The zero-order valence-corrected chi connectivity index (χ0v) is 17.1. The van der Waals surface area contributed by atoms with Gasteiger partial charge in [0.05, 0.1) is 12.5 Å². The van der Waals surface area contributed by atoms with Crippen molar-refractivity contribution in [2.45, 2.75) is 38.0 Å². The van der Waals surface area contributed by atoms with Crippen molar-refractivity contribution in [1.29, 1.82) is 0 Å². The quantitative estimate of drug-likeness (QED) is 0.240. The van der Waals surface area contributed by atoms with E-state index >= 15 is 0 Å². The van der Waals surface area contributed by atoms with Gasteiger partial charge in [-0.1, -0.05) is 0 Å². The number of hydrogen-bond donors (Lipinski definition) is 1. The maximum Gasteiger partial charge on any atom is 0.309 e. The van der Waals surface area contributed by atoms with Crippen LogP contribution in [0.2, 0.25) is 0 Å². The lowest BCUT2D eigenvalue weighted by atomic mass is 9.97. The molecule has 27 heavy (non-hydrogen) atoms. The van der Waals surface area contributed by atoms with E-state index in [-0.39, 0.29) is 17.7 Å². The molecule has 0 saturated carbocycles. The lowest BCUT2D eigenvalue weighted by Gasteiger charge is -2.33. The SMILES string of the molecule is CCNC(=NCCCSc1ccc(F)cc1)N1CCC(C(=O)OCC)CC1. The molecule has 7 heteroatoms. The normalized spacial score (nSPS) is 15.7. The number of benzene rings is 1. The molecule has 5 nitrogen and oxygen atoms in total. The van der Waals surface area contributed by atoms with E-state index in [1.54, 1.807) is 23.9 Å². The molecule has 0 radical (unpaired) electrons. The highest BCUT2D eigenvalue weighted by Gasteiger charge is 2.27. The van der Waals surface area contributed by atoms with Crippen LogP contribution >= 0.6 is 11.8 Å². The number of hydrogen-bond acceptors (Lipinski definition) is 4. The van der Waals surface area contributed by atoms with Crippen molar-refractivity contribution in [3.8, 4) is 0 Å². The van der Waals surface area contributed by atoms with Gasteiger partial charge in [-0.05, 0) is 63.1 Å². The summed E-state index contributed by atoms with van der Waals surface area (Å²) in [5, 5.41) is 3.35. The molecule has 0 bridgehead atoms. The summed E-state index contributed by atoms with van der Waals surface area (Å²) in [7, 11) is 0. The van der Waals surface area contributed by atoms with E-state index in [0.29, 0.717) is 6.61 Å². The molecular weight excluding hydrogens is 365 g/mol. The fraction of sp³-hybridized carbons (Fsp3) is 0.600. The van der Waals surface area contributed by atoms with Crippen molar-refractivity contribution in [1.82, 2.24) is 10.2 Å². The Kier molecular flexibility index (Phi) is 9.45. The van der Waals surface area contributed by atoms with Crippen LogP contribution in [-0.2, 0) is 9.53 Å². The molecule has 0 amide bonds. The van der Waals surface area contributed by atoms with Crippen molar-refractivity contribution in [2.24, 2.45) is 10.9 Å². The van der Waals surface area contributed by atoms with Gasteiger partial charge in [-0.15, -0.1) is 11.8 Å². The van der Waals surface area contributed by atoms with Gasteiger partial charge < -0.3 is 15.0 Å². The molecule has 0 aliphatic carbocycles. The molecule has 0 atom stereocenters. The summed E-state index contributed by atoms with van der Waals surface area (Å²) in [6.07, 6.45) is 2.57. The first kappa shape index (κ1) is 21.5. The number of thioether (sulfide) groups is 1. The molecule has 0 spiro atoms. The van der Waals surface area contributed by atoms with E-state index in [9.17, 15) is 9.18 Å². The Morgan fingerprint density at radius 2 is 2.00 bits per heavy atom. The average molecular weight is 396 g/mol. The van der Waals surface area contributed by atoms with E-state index < -0.39 is 0 Å². The number of rotatable bonds is 8. The second-order valence-corrected chi connectivity index (χ2v) is 7.57. The molecule has 150 valence electrons. The number of piperidine rings is 1. The summed E-state index contributed by atoms with van der Waals surface area (Å²) in [6.45, 7) is 7.55. The van der Waals surface area contributed by atoms with Crippen LogP contribution in [0.5, 0.6) is 0 Å². The molecule has 0 aromatic heterocycles. The molecule has 1 aliphatic heterocycles. The van der Waals surface area contributed by atoms with Gasteiger partial charge in [-0.2, -0.15) is 0 Å². The monoisotopic (exact) mass is 395 g/mol. The molecule has 1 saturated heterocycles. The summed E-state index contributed by atoms with van der Waals surface area (Å²) in [6, 6.07) is 6.59. The minimum Gasteiger partial charge on any atom is -0.466 e. The first-order valence-electron chi connectivity index (χ1n) is 9.72. The van der Waals surface area contributed by atoms with Gasteiger partial charge in [0.2, 0.25) is 0 Å². The molecule has 1 N–H and O–H groups in total. The van der Waals surface area contributed by atoms with Gasteiger partial charge >= 0.3 is 5.97 Å². The summed E-state index contributed by atoms with van der Waals surface area (Å²) < 4.78 is 18.0. The third-order valence-corrected chi connectivity index (χ3v) is 5.49. The van der Waals surface area contributed by atoms with Gasteiger partial charge in [0, 0.05) is 31.1 Å². The number of esters is 1.